The van der Waals surface area contributed by atoms with Crippen LogP contribution in [0.1, 0.15) is 18.4 Å². The van der Waals surface area contributed by atoms with E-state index < -0.39 is 15.9 Å². The minimum atomic E-state index is -3.66. The Bertz CT molecular complexity index is 1190. The number of nitrogens with zero attached hydrogens (tertiary/aromatic N) is 3. The van der Waals surface area contributed by atoms with Crippen molar-refractivity contribution in [1.82, 2.24) is 14.5 Å². The summed E-state index contributed by atoms with van der Waals surface area (Å²) in [6.45, 7) is 2.37. The summed E-state index contributed by atoms with van der Waals surface area (Å²) in [7, 11) is -2.09. The van der Waals surface area contributed by atoms with E-state index in [1.54, 1.807) is 55.6 Å². The van der Waals surface area contributed by atoms with E-state index in [-0.39, 0.29) is 29.3 Å². The Hall–Kier alpha value is -3.24. The lowest BCUT2D eigenvalue weighted by atomic mass is 9.99. The van der Waals surface area contributed by atoms with Crippen LogP contribution < -0.4 is 10.1 Å². The summed E-state index contributed by atoms with van der Waals surface area (Å²) in [5, 5.41) is 10.5. The fourth-order valence-corrected chi connectivity index (χ4v) is 5.09. The van der Waals surface area contributed by atoms with Crippen LogP contribution in [0.3, 0.4) is 0 Å². The highest BCUT2D eigenvalue weighted by Crippen LogP contribution is 2.26. The molecule has 1 aromatic heterocycles. The fraction of sp³-hybridized carbons (Fsp3) is 0.318. The number of nitrogens with one attached hydrogen (secondary N) is 1. The molecular weight excluding hydrogens is 432 g/mol. The summed E-state index contributed by atoms with van der Waals surface area (Å²) >= 11 is 0. The zero-order chi connectivity index (χ0) is 22.7. The summed E-state index contributed by atoms with van der Waals surface area (Å²) in [6.07, 6.45) is 1.16. The zero-order valence-electron chi connectivity index (χ0n) is 17.8. The first kappa shape index (κ1) is 22.0. The average molecular weight is 457 g/mol. The summed E-state index contributed by atoms with van der Waals surface area (Å²) in [5.74, 6) is 0.0958. The van der Waals surface area contributed by atoms with Gasteiger partial charge in [0, 0.05) is 18.7 Å². The number of ether oxygens (including phenoxy) is 1. The monoisotopic (exact) mass is 456 g/mol. The normalized spacial score (nSPS) is 17.1. The predicted octanol–water partition coefficient (Wildman–Crippen LogP) is 3.09. The van der Waals surface area contributed by atoms with Crippen LogP contribution in [-0.2, 0) is 14.8 Å². The average Bonchev–Trinajstić information content (AvgIpc) is 3.28. The van der Waals surface area contributed by atoms with Crippen molar-refractivity contribution >= 4 is 21.9 Å². The molecule has 1 aliphatic rings. The van der Waals surface area contributed by atoms with Gasteiger partial charge < -0.3 is 9.15 Å². The zero-order valence-corrected chi connectivity index (χ0v) is 18.6. The highest BCUT2D eigenvalue weighted by molar-refractivity contribution is 7.89. The Morgan fingerprint density at radius 1 is 1.12 bits per heavy atom. The number of rotatable bonds is 6. The molecule has 0 bridgehead atoms. The molecule has 32 heavy (non-hydrogen) atoms. The van der Waals surface area contributed by atoms with Gasteiger partial charge in [-0.2, -0.15) is 4.31 Å². The number of amides is 1. The summed E-state index contributed by atoms with van der Waals surface area (Å²) in [6, 6.07) is 13.7. The molecule has 2 aromatic carbocycles. The van der Waals surface area contributed by atoms with Gasteiger partial charge >= 0.3 is 6.01 Å². The SMILES string of the molecule is COc1ccc(-c2nnc(NC(=O)C3CCCN(S(=O)(=O)c4ccc(C)cc4)C3)o2)cc1. The van der Waals surface area contributed by atoms with Crippen LogP contribution in [0.5, 0.6) is 5.75 Å². The van der Waals surface area contributed by atoms with Gasteiger partial charge in [-0.3, -0.25) is 10.1 Å². The van der Waals surface area contributed by atoms with Crippen molar-refractivity contribution in [2.45, 2.75) is 24.7 Å². The third kappa shape index (κ3) is 4.66. The van der Waals surface area contributed by atoms with Gasteiger partial charge in [0.25, 0.3) is 0 Å². The van der Waals surface area contributed by atoms with Crippen molar-refractivity contribution in [2.75, 3.05) is 25.5 Å². The molecule has 1 saturated heterocycles. The molecule has 10 heteroatoms. The molecule has 0 saturated carbocycles. The van der Waals surface area contributed by atoms with Crippen molar-refractivity contribution in [1.29, 1.82) is 0 Å². The Kier molecular flexibility index (Phi) is 6.24. The number of carbonyl (C=O) groups excluding carboxylic acids is 1. The number of aryl methyl sites for hydroxylation is 1. The smallest absolute Gasteiger partial charge is 0.322 e. The molecule has 3 aromatic rings. The third-order valence-corrected chi connectivity index (χ3v) is 7.29. The first-order valence-electron chi connectivity index (χ1n) is 10.2. The van der Waals surface area contributed by atoms with Crippen LogP contribution in [0.25, 0.3) is 11.5 Å². The molecule has 1 fully saturated rings. The third-order valence-electron chi connectivity index (χ3n) is 5.41. The molecule has 4 rings (SSSR count). The number of hydrogen-bond donors (Lipinski definition) is 1. The van der Waals surface area contributed by atoms with E-state index in [0.29, 0.717) is 30.7 Å². The molecule has 1 unspecified atom stereocenters. The first-order valence-corrected chi connectivity index (χ1v) is 11.7. The molecular formula is C22H24N4O5S. The molecule has 0 radical (unpaired) electrons. The van der Waals surface area contributed by atoms with E-state index in [0.717, 1.165) is 5.56 Å². The van der Waals surface area contributed by atoms with E-state index >= 15 is 0 Å². The minimum Gasteiger partial charge on any atom is -0.497 e. The van der Waals surface area contributed by atoms with Crippen molar-refractivity contribution < 1.29 is 22.4 Å². The van der Waals surface area contributed by atoms with E-state index in [9.17, 15) is 13.2 Å². The molecule has 1 N–H and O–H groups in total. The Labute approximate surface area is 186 Å². The largest absolute Gasteiger partial charge is 0.497 e. The van der Waals surface area contributed by atoms with Crippen molar-refractivity contribution in [2.24, 2.45) is 5.92 Å². The molecule has 168 valence electrons. The molecule has 2 heterocycles. The van der Waals surface area contributed by atoms with Gasteiger partial charge in [0.15, 0.2) is 0 Å². The topological polar surface area (TPSA) is 115 Å². The molecule has 1 aliphatic heterocycles. The van der Waals surface area contributed by atoms with Crippen LogP contribution in [0.4, 0.5) is 6.01 Å². The van der Waals surface area contributed by atoms with E-state index in [2.05, 4.69) is 15.5 Å². The van der Waals surface area contributed by atoms with Gasteiger partial charge in [0.2, 0.25) is 21.8 Å². The lowest BCUT2D eigenvalue weighted by molar-refractivity contribution is -0.121. The van der Waals surface area contributed by atoms with E-state index in [4.69, 9.17) is 9.15 Å². The van der Waals surface area contributed by atoms with Gasteiger partial charge in [-0.05, 0) is 56.2 Å². The second kappa shape index (κ2) is 9.09. The first-order chi connectivity index (χ1) is 15.4. The number of carbonyl (C=O) groups is 1. The Morgan fingerprint density at radius 2 is 1.84 bits per heavy atom. The molecule has 1 amide bonds. The second-order valence-electron chi connectivity index (χ2n) is 7.65. The molecule has 0 spiro atoms. The summed E-state index contributed by atoms with van der Waals surface area (Å²) in [4.78, 5) is 13.0. The fourth-order valence-electron chi connectivity index (χ4n) is 3.57. The molecule has 9 nitrogen and oxygen atoms in total. The number of hydrogen-bond acceptors (Lipinski definition) is 7. The van der Waals surface area contributed by atoms with Crippen molar-refractivity contribution in [3.05, 3.63) is 54.1 Å². The number of aromatic nitrogens is 2. The quantitative estimate of drug-likeness (QED) is 0.606. The number of anilines is 1. The van der Waals surface area contributed by atoms with Crippen molar-refractivity contribution in [3.63, 3.8) is 0 Å². The lowest BCUT2D eigenvalue weighted by Crippen LogP contribution is -2.43. The van der Waals surface area contributed by atoms with Gasteiger partial charge in [0.05, 0.1) is 17.9 Å². The maximum Gasteiger partial charge on any atom is 0.322 e. The lowest BCUT2D eigenvalue weighted by Gasteiger charge is -2.30. The highest BCUT2D eigenvalue weighted by atomic mass is 32.2. The molecule has 1 atom stereocenters. The number of piperidine rings is 1. The summed E-state index contributed by atoms with van der Waals surface area (Å²) in [5.41, 5.74) is 1.67. The van der Waals surface area contributed by atoms with Crippen molar-refractivity contribution in [3.8, 4) is 17.2 Å². The standard InChI is InChI=1S/C22H24N4O5S/c1-15-5-11-19(12-6-15)32(28,29)26-13-3-4-17(14-26)20(27)23-22-25-24-21(31-22)16-7-9-18(30-2)10-8-16/h5-12,17H,3-4,13-14H2,1-2H3,(H,23,25,27). The van der Waals surface area contributed by atoms with Crippen LogP contribution in [0, 0.1) is 12.8 Å². The number of sulfonamides is 1. The number of methoxy groups -OCH3 is 1. The van der Waals surface area contributed by atoms with E-state index in [1.165, 1.54) is 4.31 Å². The number of benzene rings is 2. The highest BCUT2D eigenvalue weighted by Gasteiger charge is 2.33. The predicted molar refractivity (Wildman–Crippen MR) is 118 cm³/mol. The van der Waals surface area contributed by atoms with Crippen LogP contribution in [0.2, 0.25) is 0 Å². The minimum absolute atomic E-state index is 0.0284. The van der Waals surface area contributed by atoms with Gasteiger partial charge in [-0.25, -0.2) is 8.42 Å². The van der Waals surface area contributed by atoms with Crippen LogP contribution in [0.15, 0.2) is 57.8 Å². The Balaban J connectivity index is 1.42. The maximum atomic E-state index is 13.0. The van der Waals surface area contributed by atoms with Crippen LogP contribution >= 0.6 is 0 Å². The molecule has 0 aliphatic carbocycles. The van der Waals surface area contributed by atoms with Crippen LogP contribution in [-0.4, -0.2) is 49.0 Å². The van der Waals surface area contributed by atoms with Gasteiger partial charge in [0.1, 0.15) is 5.75 Å². The summed E-state index contributed by atoms with van der Waals surface area (Å²) < 4.78 is 38.0. The maximum absolute atomic E-state index is 13.0. The Morgan fingerprint density at radius 3 is 2.53 bits per heavy atom. The van der Waals surface area contributed by atoms with E-state index in [1.807, 2.05) is 6.92 Å². The van der Waals surface area contributed by atoms with Gasteiger partial charge in [-0.1, -0.05) is 22.8 Å². The van der Waals surface area contributed by atoms with Gasteiger partial charge in [-0.15, -0.1) is 5.10 Å². The second-order valence-corrected chi connectivity index (χ2v) is 9.58.